The fourth-order valence-electron chi connectivity index (χ4n) is 3.97. The molecule has 3 aromatic heterocycles. The van der Waals surface area contributed by atoms with Crippen LogP contribution in [0.15, 0.2) is 48.9 Å². The third-order valence-corrected chi connectivity index (χ3v) is 5.72. The van der Waals surface area contributed by atoms with Gasteiger partial charge in [-0.15, -0.1) is 0 Å². The highest BCUT2D eigenvalue weighted by molar-refractivity contribution is 5.86. The second kappa shape index (κ2) is 7.46. The maximum atomic E-state index is 6.32. The molecular weight excluding hydrogens is 380 g/mol. The molecule has 1 aliphatic heterocycles. The van der Waals surface area contributed by atoms with Gasteiger partial charge >= 0.3 is 0 Å². The van der Waals surface area contributed by atoms with Crippen molar-refractivity contribution in [3.8, 4) is 5.75 Å². The standard InChI is InChI=1S/C22H24N6O2/c1-13-9-20(28-8-7-16-21(23)25-12-26-22(16)28)30-18(13)11-29-15-5-3-14-4-6-19(24-2)27-17(14)10-15/h3-8,10,12-13,18,20H,9,11H2,1-2H3,(H,24,27)(H2,23,25,26)/t13?,18?,20-/m1/s1. The molecule has 5 rings (SSSR count). The zero-order chi connectivity index (χ0) is 20.7. The van der Waals surface area contributed by atoms with Crippen LogP contribution in [0.3, 0.4) is 0 Å². The number of rotatable bonds is 5. The van der Waals surface area contributed by atoms with Crippen LogP contribution < -0.4 is 15.8 Å². The van der Waals surface area contributed by atoms with Gasteiger partial charge < -0.3 is 25.1 Å². The lowest BCUT2D eigenvalue weighted by atomic mass is 10.0. The summed E-state index contributed by atoms with van der Waals surface area (Å²) < 4.78 is 14.4. The maximum absolute atomic E-state index is 6.32. The molecule has 0 spiro atoms. The van der Waals surface area contributed by atoms with Crippen molar-refractivity contribution >= 4 is 33.6 Å². The number of fused-ring (bicyclic) bond motifs is 2. The number of nitrogens with two attached hydrogens (primary N) is 1. The van der Waals surface area contributed by atoms with E-state index in [9.17, 15) is 0 Å². The first-order valence-corrected chi connectivity index (χ1v) is 10.1. The molecule has 8 nitrogen and oxygen atoms in total. The Balaban J connectivity index is 1.30. The molecule has 154 valence electrons. The molecule has 0 saturated carbocycles. The monoisotopic (exact) mass is 404 g/mol. The van der Waals surface area contributed by atoms with Crippen molar-refractivity contribution in [1.82, 2.24) is 19.5 Å². The van der Waals surface area contributed by atoms with E-state index in [0.29, 0.717) is 18.3 Å². The topological polar surface area (TPSA) is 100 Å². The Morgan fingerprint density at radius 2 is 2.10 bits per heavy atom. The lowest BCUT2D eigenvalue weighted by Crippen LogP contribution is -2.23. The highest BCUT2D eigenvalue weighted by Gasteiger charge is 2.34. The van der Waals surface area contributed by atoms with E-state index in [1.54, 1.807) is 0 Å². The molecule has 3 N–H and O–H groups in total. The summed E-state index contributed by atoms with van der Waals surface area (Å²) in [6, 6.07) is 11.9. The van der Waals surface area contributed by atoms with Crippen molar-refractivity contribution in [2.45, 2.75) is 25.7 Å². The summed E-state index contributed by atoms with van der Waals surface area (Å²) in [5.41, 5.74) is 7.65. The number of ether oxygens (including phenoxy) is 2. The molecule has 1 fully saturated rings. The first-order valence-electron chi connectivity index (χ1n) is 10.1. The second-order valence-electron chi connectivity index (χ2n) is 7.67. The number of anilines is 2. The Kier molecular flexibility index (Phi) is 4.63. The van der Waals surface area contributed by atoms with E-state index in [1.165, 1.54) is 6.33 Å². The van der Waals surface area contributed by atoms with Gasteiger partial charge in [0.2, 0.25) is 0 Å². The molecule has 1 aliphatic rings. The first kappa shape index (κ1) is 18.6. The lowest BCUT2D eigenvalue weighted by molar-refractivity contribution is -0.0224. The minimum absolute atomic E-state index is 0.0149. The molecule has 1 aromatic carbocycles. The van der Waals surface area contributed by atoms with Crippen molar-refractivity contribution in [1.29, 1.82) is 0 Å². The van der Waals surface area contributed by atoms with Crippen LogP contribution >= 0.6 is 0 Å². The molecule has 30 heavy (non-hydrogen) atoms. The SMILES string of the molecule is CNc1ccc2ccc(OCC3O[C@@H](n4ccc5c(N)ncnc54)CC3C)cc2n1. The Morgan fingerprint density at radius 1 is 1.23 bits per heavy atom. The normalized spacial score (nSPS) is 21.3. The Morgan fingerprint density at radius 3 is 2.97 bits per heavy atom. The predicted octanol–water partition coefficient (Wildman–Crippen LogP) is 3.61. The highest BCUT2D eigenvalue weighted by atomic mass is 16.6. The molecular formula is C22H24N6O2. The Hall–Kier alpha value is -3.39. The molecule has 0 amide bonds. The average Bonchev–Trinajstić information content (AvgIpc) is 3.35. The molecule has 0 bridgehead atoms. The van der Waals surface area contributed by atoms with Crippen molar-refractivity contribution in [3.05, 3.63) is 48.9 Å². The lowest BCUT2D eigenvalue weighted by Gasteiger charge is -2.17. The van der Waals surface area contributed by atoms with Crippen LogP contribution in [-0.4, -0.2) is 39.3 Å². The molecule has 1 saturated heterocycles. The summed E-state index contributed by atoms with van der Waals surface area (Å²) >= 11 is 0. The number of nitrogens with zero attached hydrogens (tertiary/aromatic N) is 4. The van der Waals surface area contributed by atoms with Gasteiger partial charge in [-0.25, -0.2) is 15.0 Å². The zero-order valence-electron chi connectivity index (χ0n) is 16.9. The van der Waals surface area contributed by atoms with Crippen LogP contribution in [0.1, 0.15) is 19.6 Å². The Bertz CT molecular complexity index is 1210. The third kappa shape index (κ3) is 3.29. The van der Waals surface area contributed by atoms with Crippen molar-refractivity contribution in [2.24, 2.45) is 5.92 Å². The van der Waals surface area contributed by atoms with Crippen molar-refractivity contribution in [3.63, 3.8) is 0 Å². The average molecular weight is 404 g/mol. The summed E-state index contributed by atoms with van der Waals surface area (Å²) in [4.78, 5) is 13.0. The number of benzene rings is 1. The van der Waals surface area contributed by atoms with Gasteiger partial charge in [-0.05, 0) is 42.7 Å². The highest BCUT2D eigenvalue weighted by Crippen LogP contribution is 2.36. The number of nitrogens with one attached hydrogen (secondary N) is 1. The van der Waals surface area contributed by atoms with E-state index in [-0.39, 0.29) is 12.3 Å². The van der Waals surface area contributed by atoms with Crippen LogP contribution in [0.25, 0.3) is 21.9 Å². The number of pyridine rings is 1. The van der Waals surface area contributed by atoms with E-state index < -0.39 is 0 Å². The second-order valence-corrected chi connectivity index (χ2v) is 7.67. The van der Waals surface area contributed by atoms with E-state index in [2.05, 4.69) is 27.2 Å². The van der Waals surface area contributed by atoms with Crippen LogP contribution in [-0.2, 0) is 4.74 Å². The number of nitrogen functional groups attached to an aromatic ring is 1. The number of hydrogen-bond acceptors (Lipinski definition) is 7. The molecule has 0 radical (unpaired) electrons. The van der Waals surface area contributed by atoms with Crippen molar-refractivity contribution in [2.75, 3.05) is 24.7 Å². The van der Waals surface area contributed by atoms with Gasteiger partial charge in [-0.3, -0.25) is 0 Å². The minimum atomic E-state index is -0.100. The first-order chi connectivity index (χ1) is 14.6. The quantitative estimate of drug-likeness (QED) is 0.524. The fraction of sp³-hybridized carbons (Fsp3) is 0.318. The molecule has 8 heteroatoms. The van der Waals surface area contributed by atoms with E-state index in [1.807, 2.05) is 54.2 Å². The number of hydrogen-bond donors (Lipinski definition) is 2. The minimum Gasteiger partial charge on any atom is -0.491 e. The smallest absolute Gasteiger partial charge is 0.147 e. The maximum Gasteiger partial charge on any atom is 0.147 e. The van der Waals surface area contributed by atoms with E-state index >= 15 is 0 Å². The van der Waals surface area contributed by atoms with Crippen molar-refractivity contribution < 1.29 is 9.47 Å². The zero-order valence-corrected chi connectivity index (χ0v) is 16.9. The third-order valence-electron chi connectivity index (χ3n) is 5.72. The number of aromatic nitrogens is 4. The summed E-state index contributed by atoms with van der Waals surface area (Å²) in [5, 5.41) is 4.99. The van der Waals surface area contributed by atoms with E-state index in [0.717, 1.165) is 39.9 Å². The molecule has 4 heterocycles. The summed E-state index contributed by atoms with van der Waals surface area (Å²) in [5.74, 6) is 2.45. The van der Waals surface area contributed by atoms with Gasteiger partial charge in [0.1, 0.15) is 42.2 Å². The fourth-order valence-corrected chi connectivity index (χ4v) is 3.97. The summed E-state index contributed by atoms with van der Waals surface area (Å²) in [6.07, 6.45) is 4.22. The van der Waals surface area contributed by atoms with Crippen LogP contribution in [0.5, 0.6) is 5.75 Å². The summed E-state index contributed by atoms with van der Waals surface area (Å²) in [6.45, 7) is 2.66. The van der Waals surface area contributed by atoms with Gasteiger partial charge in [0.05, 0.1) is 17.0 Å². The van der Waals surface area contributed by atoms with Crippen LogP contribution in [0.4, 0.5) is 11.6 Å². The van der Waals surface area contributed by atoms with Gasteiger partial charge in [0.25, 0.3) is 0 Å². The predicted molar refractivity (Wildman–Crippen MR) is 116 cm³/mol. The van der Waals surface area contributed by atoms with Gasteiger partial charge in [-0.2, -0.15) is 0 Å². The molecule has 2 unspecified atom stereocenters. The van der Waals surface area contributed by atoms with Gasteiger partial charge in [-0.1, -0.05) is 6.92 Å². The van der Waals surface area contributed by atoms with E-state index in [4.69, 9.17) is 15.2 Å². The van der Waals surface area contributed by atoms with Crippen LogP contribution in [0, 0.1) is 5.92 Å². The molecule has 0 aliphatic carbocycles. The van der Waals surface area contributed by atoms with Gasteiger partial charge in [0, 0.05) is 24.7 Å². The molecule has 4 aromatic rings. The van der Waals surface area contributed by atoms with Crippen LogP contribution in [0.2, 0.25) is 0 Å². The largest absolute Gasteiger partial charge is 0.491 e. The Labute approximate surface area is 174 Å². The molecule has 3 atom stereocenters. The summed E-state index contributed by atoms with van der Waals surface area (Å²) in [7, 11) is 1.86. The van der Waals surface area contributed by atoms with Gasteiger partial charge in [0.15, 0.2) is 0 Å².